The van der Waals surface area contributed by atoms with Crippen molar-refractivity contribution in [3.63, 3.8) is 0 Å². The largest absolute Gasteiger partial charge is 0.494 e. The van der Waals surface area contributed by atoms with Crippen molar-refractivity contribution >= 4 is 21.6 Å². The number of para-hydroxylation sites is 1. The zero-order valence-electron chi connectivity index (χ0n) is 15.6. The number of amides is 1. The van der Waals surface area contributed by atoms with Gasteiger partial charge in [-0.3, -0.25) is 9.10 Å². The fraction of sp³-hybridized carbons (Fsp3) is 0.350. The number of rotatable bonds is 7. The van der Waals surface area contributed by atoms with E-state index in [9.17, 15) is 13.2 Å². The summed E-state index contributed by atoms with van der Waals surface area (Å²) in [6, 6.07) is 12.8. The summed E-state index contributed by atoms with van der Waals surface area (Å²) in [5.41, 5.74) is 2.81. The van der Waals surface area contributed by atoms with Crippen LogP contribution < -0.4 is 14.4 Å². The lowest BCUT2D eigenvalue weighted by Crippen LogP contribution is -2.30. The van der Waals surface area contributed by atoms with Gasteiger partial charge in [-0.05, 0) is 44.0 Å². The summed E-state index contributed by atoms with van der Waals surface area (Å²) < 4.78 is 31.5. The Morgan fingerprint density at radius 1 is 1.15 bits per heavy atom. The molecule has 1 N–H and O–H groups in total. The molecule has 6 nitrogen and oxygen atoms in total. The zero-order valence-corrected chi connectivity index (χ0v) is 16.4. The molecule has 2 aromatic carbocycles. The second-order valence-electron chi connectivity index (χ2n) is 6.25. The molecule has 3 rings (SSSR count). The van der Waals surface area contributed by atoms with E-state index < -0.39 is 10.0 Å². The normalized spacial score (nSPS) is 13.3. The number of hydrogen-bond donors (Lipinski definition) is 1. The summed E-state index contributed by atoms with van der Waals surface area (Å²) in [7, 11) is -3.34. The lowest BCUT2D eigenvalue weighted by Gasteiger charge is -2.18. The van der Waals surface area contributed by atoms with Gasteiger partial charge in [-0.2, -0.15) is 0 Å². The average Bonchev–Trinajstić information content (AvgIpc) is 3.12. The van der Waals surface area contributed by atoms with Crippen molar-refractivity contribution in [2.75, 3.05) is 23.2 Å². The van der Waals surface area contributed by atoms with Gasteiger partial charge in [-0.1, -0.05) is 24.3 Å². The molecule has 2 aromatic rings. The maximum absolute atomic E-state index is 12.8. The number of benzene rings is 2. The fourth-order valence-corrected chi connectivity index (χ4v) is 4.43. The van der Waals surface area contributed by atoms with E-state index >= 15 is 0 Å². The van der Waals surface area contributed by atoms with Crippen LogP contribution in [0.2, 0.25) is 0 Å². The van der Waals surface area contributed by atoms with Gasteiger partial charge in [0, 0.05) is 24.2 Å². The number of ether oxygens (including phenoxy) is 1. The Balaban J connectivity index is 1.80. The Labute approximate surface area is 160 Å². The zero-order chi connectivity index (χ0) is 19.4. The smallest absolute Gasteiger partial charge is 0.251 e. The first-order chi connectivity index (χ1) is 13.0. The van der Waals surface area contributed by atoms with Crippen LogP contribution >= 0.6 is 0 Å². The number of sulfonamides is 1. The van der Waals surface area contributed by atoms with Crippen LogP contribution in [0.4, 0.5) is 5.69 Å². The van der Waals surface area contributed by atoms with E-state index in [-0.39, 0.29) is 11.7 Å². The Morgan fingerprint density at radius 2 is 1.93 bits per heavy atom. The van der Waals surface area contributed by atoms with Crippen molar-refractivity contribution < 1.29 is 17.9 Å². The van der Waals surface area contributed by atoms with Crippen molar-refractivity contribution in [3.8, 4) is 5.75 Å². The van der Waals surface area contributed by atoms with E-state index in [2.05, 4.69) is 5.32 Å². The molecule has 0 saturated heterocycles. The maximum atomic E-state index is 12.8. The molecule has 1 amide bonds. The van der Waals surface area contributed by atoms with Crippen molar-refractivity contribution in [2.24, 2.45) is 0 Å². The third kappa shape index (κ3) is 3.93. The van der Waals surface area contributed by atoms with Crippen LogP contribution in [0.5, 0.6) is 5.75 Å². The second-order valence-corrected chi connectivity index (χ2v) is 8.43. The molecule has 0 saturated carbocycles. The quantitative estimate of drug-likeness (QED) is 0.791. The molecule has 0 atom stereocenters. The number of nitrogens with zero attached hydrogens (tertiary/aromatic N) is 1. The van der Waals surface area contributed by atoms with Crippen molar-refractivity contribution in [1.82, 2.24) is 5.32 Å². The molecule has 144 valence electrons. The minimum Gasteiger partial charge on any atom is -0.494 e. The lowest BCUT2D eigenvalue weighted by molar-refractivity contribution is 0.0950. The third-order valence-corrected chi connectivity index (χ3v) is 6.42. The van der Waals surface area contributed by atoms with Gasteiger partial charge >= 0.3 is 0 Å². The highest BCUT2D eigenvalue weighted by Crippen LogP contribution is 2.33. The lowest BCUT2D eigenvalue weighted by atomic mass is 10.0. The number of carbonyl (C=O) groups is 1. The number of fused-ring (bicyclic) bond motifs is 1. The number of hydrogen-bond acceptors (Lipinski definition) is 4. The van der Waals surface area contributed by atoms with Crippen LogP contribution in [0.15, 0.2) is 42.5 Å². The van der Waals surface area contributed by atoms with Crippen LogP contribution in [0, 0.1) is 0 Å². The van der Waals surface area contributed by atoms with Gasteiger partial charge in [0.15, 0.2) is 0 Å². The van der Waals surface area contributed by atoms with E-state index in [0.29, 0.717) is 37.4 Å². The number of anilines is 1. The molecule has 7 heteroatoms. The van der Waals surface area contributed by atoms with Crippen molar-refractivity contribution in [3.05, 3.63) is 59.2 Å². The van der Waals surface area contributed by atoms with Crippen LogP contribution in [-0.2, 0) is 23.0 Å². The molecular formula is C20H24N2O4S. The summed E-state index contributed by atoms with van der Waals surface area (Å²) in [5.74, 6) is 0.574. The van der Waals surface area contributed by atoms with E-state index in [1.165, 1.54) is 4.31 Å². The minimum absolute atomic E-state index is 0.0388. The van der Waals surface area contributed by atoms with Gasteiger partial charge in [0.1, 0.15) is 5.75 Å². The maximum Gasteiger partial charge on any atom is 0.251 e. The van der Waals surface area contributed by atoms with Crippen LogP contribution in [-0.4, -0.2) is 33.2 Å². The van der Waals surface area contributed by atoms with Crippen molar-refractivity contribution in [2.45, 2.75) is 26.8 Å². The number of carbonyl (C=O) groups excluding carboxylic acids is 1. The van der Waals surface area contributed by atoms with Gasteiger partial charge in [-0.15, -0.1) is 0 Å². The van der Waals surface area contributed by atoms with Gasteiger partial charge in [0.05, 0.1) is 18.0 Å². The first-order valence-corrected chi connectivity index (χ1v) is 10.7. The third-order valence-electron chi connectivity index (χ3n) is 4.64. The van der Waals surface area contributed by atoms with E-state index in [4.69, 9.17) is 4.74 Å². The first kappa shape index (κ1) is 19.2. The van der Waals surface area contributed by atoms with Crippen LogP contribution in [0.1, 0.15) is 35.3 Å². The first-order valence-electron chi connectivity index (χ1n) is 9.09. The highest BCUT2D eigenvalue weighted by molar-refractivity contribution is 7.92. The summed E-state index contributed by atoms with van der Waals surface area (Å²) in [6.07, 6.45) is 0.535. The Morgan fingerprint density at radius 3 is 2.67 bits per heavy atom. The van der Waals surface area contributed by atoms with Crippen LogP contribution in [0.25, 0.3) is 0 Å². The summed E-state index contributed by atoms with van der Waals surface area (Å²) in [4.78, 5) is 12.8. The molecule has 0 spiro atoms. The predicted octanol–water partition coefficient (Wildman–Crippen LogP) is 2.73. The molecule has 0 unspecified atom stereocenters. The molecule has 1 heterocycles. The summed E-state index contributed by atoms with van der Waals surface area (Å²) in [5, 5.41) is 2.92. The summed E-state index contributed by atoms with van der Waals surface area (Å²) >= 11 is 0. The SMILES string of the molecule is CCOc1ccccc1CNC(=O)c1cccc2c1CCN2S(=O)(=O)CC. The van der Waals surface area contributed by atoms with Gasteiger partial charge in [-0.25, -0.2) is 8.42 Å². The number of nitrogens with one attached hydrogen (secondary N) is 1. The summed E-state index contributed by atoms with van der Waals surface area (Å²) in [6.45, 7) is 4.82. The molecule has 0 bridgehead atoms. The second kappa shape index (κ2) is 8.00. The average molecular weight is 388 g/mol. The van der Waals surface area contributed by atoms with E-state index in [1.807, 2.05) is 31.2 Å². The molecule has 0 aliphatic carbocycles. The molecule has 0 fully saturated rings. The highest BCUT2D eigenvalue weighted by Gasteiger charge is 2.30. The van der Waals surface area contributed by atoms with Crippen LogP contribution in [0.3, 0.4) is 0 Å². The molecule has 1 aliphatic rings. The fourth-order valence-electron chi connectivity index (χ4n) is 3.28. The Kier molecular flexibility index (Phi) is 5.70. The Hall–Kier alpha value is -2.54. The van der Waals surface area contributed by atoms with Gasteiger partial charge in [0.2, 0.25) is 10.0 Å². The molecule has 0 aromatic heterocycles. The monoisotopic (exact) mass is 388 g/mol. The highest BCUT2D eigenvalue weighted by atomic mass is 32.2. The molecule has 27 heavy (non-hydrogen) atoms. The van der Waals surface area contributed by atoms with E-state index in [1.54, 1.807) is 25.1 Å². The predicted molar refractivity (Wildman–Crippen MR) is 106 cm³/mol. The van der Waals surface area contributed by atoms with E-state index in [0.717, 1.165) is 16.9 Å². The Bertz CT molecular complexity index is 941. The molecule has 0 radical (unpaired) electrons. The van der Waals surface area contributed by atoms with Crippen molar-refractivity contribution in [1.29, 1.82) is 0 Å². The topological polar surface area (TPSA) is 75.7 Å². The van der Waals surface area contributed by atoms with Gasteiger partial charge < -0.3 is 10.1 Å². The minimum atomic E-state index is -3.34. The molecule has 1 aliphatic heterocycles. The standard InChI is InChI=1S/C20H24N2O4S/c1-3-26-19-11-6-5-8-15(19)14-21-20(23)17-9-7-10-18-16(17)12-13-22(18)27(24,25)4-2/h5-11H,3-4,12-14H2,1-2H3,(H,21,23). The van der Waals surface area contributed by atoms with Gasteiger partial charge in [0.25, 0.3) is 5.91 Å². The molecular weight excluding hydrogens is 364 g/mol.